The molecule has 190 valence electrons. The van der Waals surface area contributed by atoms with E-state index in [9.17, 15) is 9.59 Å². The number of aryl methyl sites for hydroxylation is 2. The molecule has 1 aliphatic carbocycles. The van der Waals surface area contributed by atoms with Crippen LogP contribution in [0.3, 0.4) is 0 Å². The fraction of sp³-hybridized carbons (Fsp3) is 0.286. The summed E-state index contributed by atoms with van der Waals surface area (Å²) in [7, 11) is 3.20. The average molecular weight is 501 g/mol. The Balaban J connectivity index is 1.58. The van der Waals surface area contributed by atoms with Crippen molar-refractivity contribution >= 4 is 23.0 Å². The van der Waals surface area contributed by atoms with Crippen LogP contribution in [-0.2, 0) is 24.1 Å². The maximum atomic E-state index is 13.2. The van der Waals surface area contributed by atoms with Crippen LogP contribution in [0, 0.1) is 0 Å². The van der Waals surface area contributed by atoms with Gasteiger partial charge in [0.2, 0.25) is 11.4 Å². The maximum absolute atomic E-state index is 13.2. The van der Waals surface area contributed by atoms with Crippen molar-refractivity contribution in [2.45, 2.75) is 32.7 Å². The third kappa shape index (κ3) is 4.84. The number of rotatable bonds is 8. The van der Waals surface area contributed by atoms with E-state index in [2.05, 4.69) is 27.4 Å². The molecular weight excluding hydrogens is 472 g/mol. The van der Waals surface area contributed by atoms with Crippen molar-refractivity contribution < 1.29 is 19.0 Å². The summed E-state index contributed by atoms with van der Waals surface area (Å²) in [6.45, 7) is 2.28. The largest absolute Gasteiger partial charge is 0.497 e. The molecule has 0 saturated heterocycles. The van der Waals surface area contributed by atoms with E-state index in [-0.39, 0.29) is 17.6 Å². The Morgan fingerprint density at radius 2 is 1.81 bits per heavy atom. The molecule has 1 aliphatic rings. The van der Waals surface area contributed by atoms with Gasteiger partial charge in [-0.15, -0.1) is 0 Å². The quantitative estimate of drug-likeness (QED) is 0.361. The molecule has 5 rings (SSSR count). The number of anilines is 1. The number of nitrogens with one attached hydrogen (secondary N) is 1. The number of nitrogens with zero attached hydrogens (tertiary/aromatic N) is 3. The highest BCUT2D eigenvalue weighted by molar-refractivity contribution is 5.93. The maximum Gasteiger partial charge on any atom is 0.343 e. The highest BCUT2D eigenvalue weighted by Crippen LogP contribution is 2.27. The van der Waals surface area contributed by atoms with Crippen LogP contribution < -0.4 is 20.2 Å². The highest BCUT2D eigenvalue weighted by atomic mass is 16.5. The molecule has 0 atom stereocenters. The topological polar surface area (TPSA) is 105 Å². The first kappa shape index (κ1) is 24.3. The van der Waals surface area contributed by atoms with Gasteiger partial charge in [0.15, 0.2) is 5.65 Å². The third-order valence-electron chi connectivity index (χ3n) is 6.46. The highest BCUT2D eigenvalue weighted by Gasteiger charge is 2.20. The van der Waals surface area contributed by atoms with Crippen LogP contribution in [0.4, 0.5) is 5.95 Å². The molecule has 0 radical (unpaired) electrons. The summed E-state index contributed by atoms with van der Waals surface area (Å²) in [6, 6.07) is 11.8. The molecule has 1 N–H and O–H groups in total. The SMILES string of the molecule is CCOC(=O)c1cn(-c2ccc3c(c2)CCC3)c2nc(NCc3cc(OC)cc(OC)c3)ncc2c1=O. The molecule has 2 aromatic carbocycles. The first-order chi connectivity index (χ1) is 18.0. The predicted molar refractivity (Wildman–Crippen MR) is 140 cm³/mol. The van der Waals surface area contributed by atoms with E-state index < -0.39 is 11.4 Å². The minimum absolute atomic E-state index is 0.0531. The van der Waals surface area contributed by atoms with Crippen molar-refractivity contribution in [2.75, 3.05) is 26.1 Å². The zero-order chi connectivity index (χ0) is 25.9. The van der Waals surface area contributed by atoms with Gasteiger partial charge in [0.1, 0.15) is 17.1 Å². The van der Waals surface area contributed by atoms with Gasteiger partial charge in [-0.05, 0) is 67.1 Å². The molecule has 0 amide bonds. The number of hydrogen-bond acceptors (Lipinski definition) is 8. The molecule has 0 bridgehead atoms. The Kier molecular flexibility index (Phi) is 6.76. The van der Waals surface area contributed by atoms with Crippen LogP contribution >= 0.6 is 0 Å². The Morgan fingerprint density at radius 3 is 2.54 bits per heavy atom. The van der Waals surface area contributed by atoms with E-state index in [4.69, 9.17) is 14.2 Å². The van der Waals surface area contributed by atoms with Gasteiger partial charge in [-0.2, -0.15) is 4.98 Å². The van der Waals surface area contributed by atoms with E-state index in [0.717, 1.165) is 30.5 Å². The molecule has 2 aromatic heterocycles. The van der Waals surface area contributed by atoms with Crippen LogP contribution in [0.1, 0.15) is 40.4 Å². The number of methoxy groups -OCH3 is 2. The molecule has 2 heterocycles. The standard InChI is InChI=1S/C28H28N4O5/c1-4-37-27(34)24-16-32(20-9-8-18-6-5-7-19(18)12-20)26-23(25(24)33)15-30-28(31-26)29-14-17-10-21(35-2)13-22(11-17)36-3/h8-13,15-16H,4-7,14H2,1-3H3,(H,29,30,31). The Labute approximate surface area is 214 Å². The normalized spacial score (nSPS) is 12.3. The van der Waals surface area contributed by atoms with Gasteiger partial charge in [0, 0.05) is 30.7 Å². The molecule has 4 aromatic rings. The number of esters is 1. The van der Waals surface area contributed by atoms with Gasteiger partial charge >= 0.3 is 5.97 Å². The Bertz CT molecular complexity index is 1520. The zero-order valence-corrected chi connectivity index (χ0v) is 21.0. The smallest absolute Gasteiger partial charge is 0.343 e. The van der Waals surface area contributed by atoms with Crippen molar-refractivity contribution in [3.8, 4) is 17.2 Å². The fourth-order valence-electron chi connectivity index (χ4n) is 4.60. The number of hydrogen-bond donors (Lipinski definition) is 1. The molecule has 0 aliphatic heterocycles. The van der Waals surface area contributed by atoms with Crippen LogP contribution in [0.25, 0.3) is 16.7 Å². The van der Waals surface area contributed by atoms with Crippen LogP contribution in [0.15, 0.2) is 53.6 Å². The van der Waals surface area contributed by atoms with Crippen molar-refractivity contribution in [1.82, 2.24) is 14.5 Å². The lowest BCUT2D eigenvalue weighted by Gasteiger charge is -2.15. The molecular formula is C28H28N4O5. The number of pyridine rings is 1. The van der Waals surface area contributed by atoms with Gasteiger partial charge in [-0.3, -0.25) is 4.79 Å². The van der Waals surface area contributed by atoms with E-state index >= 15 is 0 Å². The van der Waals surface area contributed by atoms with E-state index in [1.54, 1.807) is 31.8 Å². The number of aromatic nitrogens is 3. The minimum Gasteiger partial charge on any atom is -0.497 e. The Hall–Kier alpha value is -4.40. The summed E-state index contributed by atoms with van der Waals surface area (Å²) in [5.74, 6) is 1.02. The van der Waals surface area contributed by atoms with Crippen molar-refractivity contribution in [1.29, 1.82) is 0 Å². The first-order valence-corrected chi connectivity index (χ1v) is 12.2. The van der Waals surface area contributed by atoms with Gasteiger partial charge in [-0.1, -0.05) is 6.07 Å². The molecule has 0 spiro atoms. The second-order valence-electron chi connectivity index (χ2n) is 8.77. The summed E-state index contributed by atoms with van der Waals surface area (Å²) in [4.78, 5) is 34.8. The van der Waals surface area contributed by atoms with Crippen molar-refractivity contribution in [3.63, 3.8) is 0 Å². The second kappa shape index (κ2) is 10.3. The lowest BCUT2D eigenvalue weighted by Crippen LogP contribution is -2.21. The molecule has 0 saturated carbocycles. The first-order valence-electron chi connectivity index (χ1n) is 12.2. The Morgan fingerprint density at radius 1 is 1.05 bits per heavy atom. The van der Waals surface area contributed by atoms with Crippen molar-refractivity contribution in [2.24, 2.45) is 0 Å². The van der Waals surface area contributed by atoms with Gasteiger partial charge in [-0.25, -0.2) is 9.78 Å². The number of ether oxygens (including phenoxy) is 3. The summed E-state index contributed by atoms with van der Waals surface area (Å²) in [5, 5.41) is 3.45. The van der Waals surface area contributed by atoms with Crippen LogP contribution in [-0.4, -0.2) is 41.3 Å². The minimum atomic E-state index is -0.668. The van der Waals surface area contributed by atoms with E-state index in [1.807, 2.05) is 18.2 Å². The number of carbonyl (C=O) groups excluding carboxylic acids is 1. The fourth-order valence-corrected chi connectivity index (χ4v) is 4.60. The van der Waals surface area contributed by atoms with E-state index in [1.165, 1.54) is 23.5 Å². The number of carbonyl (C=O) groups is 1. The molecule has 9 heteroatoms. The second-order valence-corrected chi connectivity index (χ2v) is 8.77. The van der Waals surface area contributed by atoms with Crippen LogP contribution in [0.2, 0.25) is 0 Å². The van der Waals surface area contributed by atoms with Crippen molar-refractivity contribution in [3.05, 3.63) is 81.3 Å². The van der Waals surface area contributed by atoms with Crippen LogP contribution in [0.5, 0.6) is 11.5 Å². The summed E-state index contributed by atoms with van der Waals surface area (Å²) in [5.41, 5.74) is 4.20. The molecule has 9 nitrogen and oxygen atoms in total. The lowest BCUT2D eigenvalue weighted by molar-refractivity contribution is 0.0524. The van der Waals surface area contributed by atoms with Gasteiger partial charge in [0.25, 0.3) is 0 Å². The predicted octanol–water partition coefficient (Wildman–Crippen LogP) is 4.08. The number of fused-ring (bicyclic) bond motifs is 2. The summed E-state index contributed by atoms with van der Waals surface area (Å²) in [6.07, 6.45) is 6.13. The molecule has 0 unspecified atom stereocenters. The summed E-state index contributed by atoms with van der Waals surface area (Å²) < 4.78 is 17.6. The van der Waals surface area contributed by atoms with E-state index in [0.29, 0.717) is 29.6 Å². The molecule has 37 heavy (non-hydrogen) atoms. The van der Waals surface area contributed by atoms with Gasteiger partial charge < -0.3 is 24.1 Å². The monoisotopic (exact) mass is 500 g/mol. The third-order valence-corrected chi connectivity index (χ3v) is 6.46. The number of benzene rings is 2. The zero-order valence-electron chi connectivity index (χ0n) is 21.0. The summed E-state index contributed by atoms with van der Waals surface area (Å²) >= 11 is 0. The lowest BCUT2D eigenvalue weighted by atomic mass is 10.1. The molecule has 0 fully saturated rings. The average Bonchev–Trinajstić information content (AvgIpc) is 3.40. The van der Waals surface area contributed by atoms with Gasteiger partial charge in [0.05, 0.1) is 26.2 Å².